The molecule has 0 radical (unpaired) electrons. The Bertz CT molecular complexity index is 981. The van der Waals surface area contributed by atoms with E-state index in [0.717, 1.165) is 5.56 Å². The van der Waals surface area contributed by atoms with Crippen molar-refractivity contribution in [2.45, 2.75) is 17.8 Å². The largest absolute Gasteiger partial charge is 0.465 e. The number of nitrogens with zero attached hydrogens (tertiary/aromatic N) is 2. The number of carbonyl (C=O) groups is 1. The molecule has 1 aromatic heterocycles. The van der Waals surface area contributed by atoms with Crippen molar-refractivity contribution < 1.29 is 9.53 Å². The second kappa shape index (κ2) is 8.74. The second-order valence-corrected chi connectivity index (χ2v) is 7.49. The van der Waals surface area contributed by atoms with Gasteiger partial charge in [0.05, 0.1) is 23.5 Å². The summed E-state index contributed by atoms with van der Waals surface area (Å²) in [5.74, 6) is 0.208. The summed E-state index contributed by atoms with van der Waals surface area (Å²) < 4.78 is 4.92. The molecule has 138 valence electrons. The van der Waals surface area contributed by atoms with Crippen molar-refractivity contribution >= 4 is 40.9 Å². The lowest BCUT2D eigenvalue weighted by Gasteiger charge is -2.13. The molecule has 0 saturated heterocycles. The Hall–Kier alpha value is -2.08. The van der Waals surface area contributed by atoms with Gasteiger partial charge in [-0.2, -0.15) is 0 Å². The molecule has 0 atom stereocenters. The first-order valence-electron chi connectivity index (χ1n) is 8.08. The zero-order valence-electron chi connectivity index (χ0n) is 14.7. The molecule has 1 heterocycles. The van der Waals surface area contributed by atoms with E-state index in [2.05, 4.69) is 9.97 Å². The number of ether oxygens (including phenoxy) is 1. The highest BCUT2D eigenvalue weighted by Crippen LogP contribution is 2.34. The number of rotatable bonds is 5. The molecule has 0 bridgehead atoms. The van der Waals surface area contributed by atoms with E-state index in [4.69, 9.17) is 27.9 Å². The quantitative estimate of drug-likeness (QED) is 0.296. The van der Waals surface area contributed by atoms with E-state index in [1.54, 1.807) is 25.1 Å². The molecule has 27 heavy (non-hydrogen) atoms. The summed E-state index contributed by atoms with van der Waals surface area (Å²) in [6.45, 7) is 1.76. The predicted octanol–water partition coefficient (Wildman–Crippen LogP) is 5.84. The smallest absolute Gasteiger partial charge is 0.341 e. The van der Waals surface area contributed by atoms with E-state index in [9.17, 15) is 4.79 Å². The summed E-state index contributed by atoms with van der Waals surface area (Å²) in [6, 6.07) is 15.1. The predicted molar refractivity (Wildman–Crippen MR) is 110 cm³/mol. The molecular formula is C20H16Cl2N2O2S. The number of esters is 1. The summed E-state index contributed by atoms with van der Waals surface area (Å²) >= 11 is 13.8. The molecule has 0 aliphatic carbocycles. The van der Waals surface area contributed by atoms with Crippen LogP contribution in [0.5, 0.6) is 0 Å². The Morgan fingerprint density at radius 3 is 2.52 bits per heavy atom. The van der Waals surface area contributed by atoms with Crippen LogP contribution in [0.1, 0.15) is 21.6 Å². The fraction of sp³-hybridized carbons (Fsp3) is 0.150. The third kappa shape index (κ3) is 4.61. The van der Waals surface area contributed by atoms with Crippen molar-refractivity contribution in [2.75, 3.05) is 7.11 Å². The molecule has 0 unspecified atom stereocenters. The Labute approximate surface area is 171 Å². The maximum atomic E-state index is 12.3. The van der Waals surface area contributed by atoms with Gasteiger partial charge in [0.1, 0.15) is 5.56 Å². The first-order valence-corrected chi connectivity index (χ1v) is 9.83. The highest BCUT2D eigenvalue weighted by atomic mass is 35.5. The van der Waals surface area contributed by atoms with E-state index in [-0.39, 0.29) is 0 Å². The number of aryl methyl sites for hydroxylation is 1. The van der Waals surface area contributed by atoms with Crippen LogP contribution >= 0.6 is 35.0 Å². The van der Waals surface area contributed by atoms with Crippen LogP contribution in [-0.2, 0) is 10.5 Å². The minimum atomic E-state index is -0.506. The summed E-state index contributed by atoms with van der Waals surface area (Å²) in [4.78, 5) is 21.4. The Balaban J connectivity index is 2.05. The first kappa shape index (κ1) is 19.7. The van der Waals surface area contributed by atoms with E-state index >= 15 is 0 Å². The molecule has 0 aliphatic heterocycles. The van der Waals surface area contributed by atoms with Gasteiger partial charge in [-0.25, -0.2) is 14.8 Å². The molecule has 0 N–H and O–H groups in total. The lowest BCUT2D eigenvalue weighted by atomic mass is 10.0. The van der Waals surface area contributed by atoms with E-state index in [0.29, 0.717) is 43.5 Å². The van der Waals surface area contributed by atoms with E-state index in [1.807, 2.05) is 30.3 Å². The molecule has 0 spiro atoms. The average Bonchev–Trinajstić information content (AvgIpc) is 2.66. The molecule has 0 amide bonds. The molecule has 3 aromatic rings. The molecular weight excluding hydrogens is 403 g/mol. The molecule has 7 heteroatoms. The van der Waals surface area contributed by atoms with Crippen LogP contribution < -0.4 is 0 Å². The average molecular weight is 419 g/mol. The van der Waals surface area contributed by atoms with Gasteiger partial charge in [0, 0.05) is 16.3 Å². The number of carbonyl (C=O) groups excluding carboxylic acids is 1. The number of halogens is 2. The van der Waals surface area contributed by atoms with Gasteiger partial charge in [0.15, 0.2) is 5.16 Å². The molecule has 0 fully saturated rings. The second-order valence-electron chi connectivity index (χ2n) is 5.71. The van der Waals surface area contributed by atoms with Crippen LogP contribution in [0.2, 0.25) is 10.0 Å². The Morgan fingerprint density at radius 2 is 1.85 bits per heavy atom. The maximum absolute atomic E-state index is 12.3. The summed E-state index contributed by atoms with van der Waals surface area (Å²) in [7, 11) is 1.33. The van der Waals surface area contributed by atoms with Gasteiger partial charge in [0.2, 0.25) is 0 Å². The number of hydrogen-bond donors (Lipinski definition) is 0. The van der Waals surface area contributed by atoms with Crippen molar-refractivity contribution in [1.29, 1.82) is 0 Å². The zero-order valence-corrected chi connectivity index (χ0v) is 17.0. The fourth-order valence-corrected chi connectivity index (χ4v) is 3.90. The molecule has 0 saturated carbocycles. The molecule has 0 aliphatic rings. The number of hydrogen-bond acceptors (Lipinski definition) is 5. The lowest BCUT2D eigenvalue weighted by molar-refractivity contribution is 0.0599. The van der Waals surface area contributed by atoms with Crippen LogP contribution in [0.15, 0.2) is 53.7 Å². The summed E-state index contributed by atoms with van der Waals surface area (Å²) in [5, 5.41) is 1.47. The monoisotopic (exact) mass is 418 g/mol. The van der Waals surface area contributed by atoms with Crippen LogP contribution in [0.3, 0.4) is 0 Å². The number of aromatic nitrogens is 2. The number of methoxy groups -OCH3 is 1. The standard InChI is InChI=1S/C20H16Cl2N2O2S/c1-12-17(19(25)26-2)18(15-9-8-14(21)10-16(15)22)24-20(23-12)27-11-13-6-4-3-5-7-13/h3-10H,11H2,1-2H3. The first-order chi connectivity index (χ1) is 13.0. The van der Waals surface area contributed by atoms with E-state index in [1.165, 1.54) is 18.9 Å². The third-order valence-corrected chi connectivity index (χ3v) is 5.32. The van der Waals surface area contributed by atoms with Crippen LogP contribution in [0.25, 0.3) is 11.3 Å². The zero-order chi connectivity index (χ0) is 19.4. The number of thioether (sulfide) groups is 1. The van der Waals surface area contributed by atoms with Crippen molar-refractivity contribution in [3.8, 4) is 11.3 Å². The van der Waals surface area contributed by atoms with Gasteiger partial charge >= 0.3 is 5.97 Å². The van der Waals surface area contributed by atoms with Crippen molar-refractivity contribution in [1.82, 2.24) is 9.97 Å². The van der Waals surface area contributed by atoms with E-state index < -0.39 is 5.97 Å². The topological polar surface area (TPSA) is 52.1 Å². The molecule has 3 rings (SSSR count). The summed E-state index contributed by atoms with van der Waals surface area (Å²) in [6.07, 6.45) is 0. The Kier molecular flexibility index (Phi) is 6.37. The van der Waals surface area contributed by atoms with Crippen LogP contribution in [-0.4, -0.2) is 23.0 Å². The van der Waals surface area contributed by atoms with Crippen molar-refractivity contribution in [2.24, 2.45) is 0 Å². The fourth-order valence-electron chi connectivity index (χ4n) is 2.56. The van der Waals surface area contributed by atoms with Crippen molar-refractivity contribution in [3.63, 3.8) is 0 Å². The van der Waals surface area contributed by atoms with Gasteiger partial charge < -0.3 is 4.74 Å². The van der Waals surface area contributed by atoms with Crippen LogP contribution in [0, 0.1) is 6.92 Å². The normalized spacial score (nSPS) is 10.7. The molecule has 2 aromatic carbocycles. The minimum absolute atomic E-state index is 0.297. The third-order valence-electron chi connectivity index (χ3n) is 3.86. The SMILES string of the molecule is COC(=O)c1c(C)nc(SCc2ccccc2)nc1-c1ccc(Cl)cc1Cl. The molecule has 4 nitrogen and oxygen atoms in total. The summed E-state index contributed by atoms with van der Waals surface area (Å²) in [5.41, 5.74) is 3.03. The van der Waals surface area contributed by atoms with Crippen molar-refractivity contribution in [3.05, 3.63) is 75.4 Å². The maximum Gasteiger partial charge on any atom is 0.341 e. The highest BCUT2D eigenvalue weighted by Gasteiger charge is 2.22. The van der Waals surface area contributed by atoms with Gasteiger partial charge in [-0.1, -0.05) is 65.3 Å². The number of benzene rings is 2. The van der Waals surface area contributed by atoms with Gasteiger partial charge in [0.25, 0.3) is 0 Å². The van der Waals surface area contributed by atoms with Gasteiger partial charge in [-0.15, -0.1) is 0 Å². The minimum Gasteiger partial charge on any atom is -0.465 e. The Morgan fingerprint density at radius 1 is 1.11 bits per heavy atom. The van der Waals surface area contributed by atoms with Crippen LogP contribution in [0.4, 0.5) is 0 Å². The lowest BCUT2D eigenvalue weighted by Crippen LogP contribution is -2.11. The highest BCUT2D eigenvalue weighted by molar-refractivity contribution is 7.98. The van der Waals surface area contributed by atoms with Gasteiger partial charge in [-0.05, 0) is 30.7 Å². The van der Waals surface area contributed by atoms with Gasteiger partial charge in [-0.3, -0.25) is 0 Å².